The van der Waals surface area contributed by atoms with Crippen molar-refractivity contribution in [2.24, 2.45) is 0 Å². The van der Waals surface area contributed by atoms with E-state index in [-0.39, 0.29) is 11.7 Å². The number of ketones is 1. The zero-order chi connectivity index (χ0) is 13.1. The molecule has 0 radical (unpaired) electrons. The molecule has 0 N–H and O–H groups in total. The van der Waals surface area contributed by atoms with Crippen LogP contribution in [0, 0.1) is 12.3 Å². The molecule has 3 nitrogen and oxygen atoms in total. The molecule has 2 aromatic rings. The fraction of sp³-hybridized carbons (Fsp3) is 0.200. The third-order valence-electron chi connectivity index (χ3n) is 2.85. The zero-order valence-electron chi connectivity index (χ0n) is 10.1. The standard InChI is InChI=1S/C15H13NO2/c1-3-4-9-15(18)13-10-16(11(2)17)14-8-6-5-7-12(13)14/h1,5-8,10H,4,9H2,2H3. The maximum Gasteiger partial charge on any atom is 0.227 e. The maximum atomic E-state index is 12.0. The van der Waals surface area contributed by atoms with Crippen LogP contribution in [0.25, 0.3) is 10.9 Å². The highest BCUT2D eigenvalue weighted by Crippen LogP contribution is 2.22. The van der Waals surface area contributed by atoms with Crippen molar-refractivity contribution in [2.75, 3.05) is 0 Å². The van der Waals surface area contributed by atoms with Gasteiger partial charge in [-0.05, 0) is 6.07 Å². The number of hydrogen-bond donors (Lipinski definition) is 0. The maximum absolute atomic E-state index is 12.0. The number of Topliss-reactive ketones (excluding diaryl/α,β-unsaturated/α-hetero) is 1. The minimum Gasteiger partial charge on any atom is -0.294 e. The Morgan fingerprint density at radius 3 is 2.72 bits per heavy atom. The van der Waals surface area contributed by atoms with Gasteiger partial charge < -0.3 is 0 Å². The van der Waals surface area contributed by atoms with Gasteiger partial charge in [0.15, 0.2) is 5.78 Å². The van der Waals surface area contributed by atoms with E-state index in [2.05, 4.69) is 5.92 Å². The van der Waals surface area contributed by atoms with Crippen molar-refractivity contribution in [3.05, 3.63) is 36.0 Å². The van der Waals surface area contributed by atoms with Gasteiger partial charge in [-0.3, -0.25) is 14.2 Å². The van der Waals surface area contributed by atoms with E-state index >= 15 is 0 Å². The molecule has 1 heterocycles. The lowest BCUT2D eigenvalue weighted by atomic mass is 10.1. The van der Waals surface area contributed by atoms with Crippen molar-refractivity contribution < 1.29 is 9.59 Å². The second kappa shape index (κ2) is 4.89. The van der Waals surface area contributed by atoms with Gasteiger partial charge in [-0.25, -0.2) is 0 Å². The van der Waals surface area contributed by atoms with E-state index in [1.807, 2.05) is 24.3 Å². The highest BCUT2D eigenvalue weighted by molar-refractivity contribution is 6.10. The SMILES string of the molecule is C#CCCC(=O)c1cn(C(C)=O)c2ccccc12. The van der Waals surface area contributed by atoms with Gasteiger partial charge in [0.25, 0.3) is 0 Å². The fourth-order valence-corrected chi connectivity index (χ4v) is 1.98. The monoisotopic (exact) mass is 239 g/mol. The van der Waals surface area contributed by atoms with E-state index in [9.17, 15) is 9.59 Å². The number of hydrogen-bond acceptors (Lipinski definition) is 2. The van der Waals surface area contributed by atoms with E-state index < -0.39 is 0 Å². The lowest BCUT2D eigenvalue weighted by Crippen LogP contribution is -2.03. The summed E-state index contributed by atoms with van der Waals surface area (Å²) >= 11 is 0. The molecule has 0 aliphatic rings. The number of nitrogens with zero attached hydrogens (tertiary/aromatic N) is 1. The average molecular weight is 239 g/mol. The van der Waals surface area contributed by atoms with E-state index in [0.29, 0.717) is 18.4 Å². The highest BCUT2D eigenvalue weighted by atomic mass is 16.2. The van der Waals surface area contributed by atoms with E-state index in [4.69, 9.17) is 6.42 Å². The average Bonchev–Trinajstić information content (AvgIpc) is 2.75. The molecule has 0 saturated carbocycles. The molecule has 0 fully saturated rings. The largest absolute Gasteiger partial charge is 0.294 e. The molecule has 1 aromatic heterocycles. The highest BCUT2D eigenvalue weighted by Gasteiger charge is 2.15. The number of para-hydroxylation sites is 1. The quantitative estimate of drug-likeness (QED) is 0.610. The molecule has 0 aliphatic heterocycles. The van der Waals surface area contributed by atoms with Crippen LogP contribution in [0.2, 0.25) is 0 Å². The Hall–Kier alpha value is -2.34. The van der Waals surface area contributed by atoms with E-state index in [0.717, 1.165) is 10.9 Å². The number of carbonyl (C=O) groups is 2. The van der Waals surface area contributed by atoms with Crippen LogP contribution in [0.3, 0.4) is 0 Å². The Balaban J connectivity index is 2.55. The molecule has 0 bridgehead atoms. The van der Waals surface area contributed by atoms with Crippen LogP contribution in [-0.4, -0.2) is 16.3 Å². The first-order valence-corrected chi connectivity index (χ1v) is 5.73. The second-order valence-corrected chi connectivity index (χ2v) is 4.08. The summed E-state index contributed by atoms with van der Waals surface area (Å²) in [5.74, 6) is 2.32. The molecule has 90 valence electrons. The third kappa shape index (κ3) is 2.05. The number of aromatic nitrogens is 1. The van der Waals surface area contributed by atoms with Crippen LogP contribution in [0.4, 0.5) is 0 Å². The number of terminal acetylenes is 1. The van der Waals surface area contributed by atoms with Crippen LogP contribution < -0.4 is 0 Å². The molecule has 0 aliphatic carbocycles. The summed E-state index contributed by atoms with van der Waals surface area (Å²) in [5.41, 5.74) is 1.32. The first-order chi connectivity index (χ1) is 8.65. The van der Waals surface area contributed by atoms with Gasteiger partial charge in [0.2, 0.25) is 5.91 Å². The summed E-state index contributed by atoms with van der Waals surface area (Å²) in [6, 6.07) is 7.37. The van der Waals surface area contributed by atoms with Crippen LogP contribution in [0.5, 0.6) is 0 Å². The fourth-order valence-electron chi connectivity index (χ4n) is 1.98. The summed E-state index contributed by atoms with van der Waals surface area (Å²) in [6.07, 6.45) is 7.49. The Labute approximate surface area is 105 Å². The second-order valence-electron chi connectivity index (χ2n) is 4.08. The van der Waals surface area contributed by atoms with Crippen molar-refractivity contribution in [2.45, 2.75) is 19.8 Å². The molecule has 2 rings (SSSR count). The third-order valence-corrected chi connectivity index (χ3v) is 2.85. The van der Waals surface area contributed by atoms with Gasteiger partial charge in [-0.15, -0.1) is 12.3 Å². The number of fused-ring (bicyclic) bond motifs is 1. The molecule has 0 saturated heterocycles. The molecule has 0 spiro atoms. The smallest absolute Gasteiger partial charge is 0.227 e. The van der Waals surface area contributed by atoms with Crippen LogP contribution in [0.15, 0.2) is 30.5 Å². The lowest BCUT2D eigenvalue weighted by Gasteiger charge is -1.97. The van der Waals surface area contributed by atoms with Crippen molar-refractivity contribution in [1.29, 1.82) is 0 Å². The van der Waals surface area contributed by atoms with Crippen LogP contribution in [0.1, 0.15) is 34.9 Å². The predicted molar refractivity (Wildman–Crippen MR) is 70.6 cm³/mol. The molecular formula is C15H13NO2. The molecule has 0 amide bonds. The Morgan fingerprint density at radius 2 is 2.06 bits per heavy atom. The molecule has 1 aromatic carbocycles. The minimum absolute atomic E-state index is 0.0239. The van der Waals surface area contributed by atoms with Crippen molar-refractivity contribution in [1.82, 2.24) is 4.57 Å². The summed E-state index contributed by atoms with van der Waals surface area (Å²) in [6.45, 7) is 1.47. The van der Waals surface area contributed by atoms with Gasteiger partial charge in [0.05, 0.1) is 5.52 Å². The van der Waals surface area contributed by atoms with Crippen molar-refractivity contribution in [3.8, 4) is 12.3 Å². The van der Waals surface area contributed by atoms with Crippen LogP contribution >= 0.6 is 0 Å². The van der Waals surface area contributed by atoms with Crippen molar-refractivity contribution in [3.63, 3.8) is 0 Å². The van der Waals surface area contributed by atoms with Crippen molar-refractivity contribution >= 4 is 22.6 Å². The Bertz CT molecular complexity index is 659. The van der Waals surface area contributed by atoms with Gasteiger partial charge in [0.1, 0.15) is 0 Å². The molecule has 0 unspecified atom stereocenters. The summed E-state index contributed by atoms with van der Waals surface area (Å²) in [4.78, 5) is 23.6. The minimum atomic E-state index is -0.109. The Morgan fingerprint density at radius 1 is 1.33 bits per heavy atom. The summed E-state index contributed by atoms with van der Waals surface area (Å²) < 4.78 is 1.50. The van der Waals surface area contributed by atoms with Gasteiger partial charge >= 0.3 is 0 Å². The molecular weight excluding hydrogens is 226 g/mol. The number of benzene rings is 1. The van der Waals surface area contributed by atoms with Gasteiger partial charge in [0, 0.05) is 36.9 Å². The summed E-state index contributed by atoms with van der Waals surface area (Å²) in [7, 11) is 0. The first kappa shape index (κ1) is 12.1. The van der Waals surface area contributed by atoms with Crippen LogP contribution in [-0.2, 0) is 0 Å². The first-order valence-electron chi connectivity index (χ1n) is 5.73. The van der Waals surface area contributed by atoms with Gasteiger partial charge in [-0.1, -0.05) is 18.2 Å². The Kier molecular flexibility index (Phi) is 3.29. The lowest BCUT2D eigenvalue weighted by molar-refractivity contribution is 0.0941. The van der Waals surface area contributed by atoms with E-state index in [1.165, 1.54) is 11.5 Å². The molecule has 3 heteroatoms. The molecule has 0 atom stereocenters. The predicted octanol–water partition coefficient (Wildman–Crippen LogP) is 2.90. The summed E-state index contributed by atoms with van der Waals surface area (Å²) in [5, 5.41) is 0.801. The number of rotatable bonds is 3. The zero-order valence-corrected chi connectivity index (χ0v) is 10.1. The number of carbonyl (C=O) groups excluding carboxylic acids is 2. The normalized spacial score (nSPS) is 10.2. The molecule has 18 heavy (non-hydrogen) atoms. The topological polar surface area (TPSA) is 39.1 Å². The van der Waals surface area contributed by atoms with Gasteiger partial charge in [-0.2, -0.15) is 0 Å². The van der Waals surface area contributed by atoms with E-state index in [1.54, 1.807) is 6.20 Å².